The van der Waals surface area contributed by atoms with Crippen LogP contribution >= 0.6 is 12.2 Å². The minimum atomic E-state index is -2.06. The zero-order valence-electron chi connectivity index (χ0n) is 17.2. The van der Waals surface area contributed by atoms with E-state index in [0.717, 1.165) is 5.56 Å². The average Bonchev–Trinajstić information content (AvgIpc) is 2.78. The molecule has 0 heterocycles. The highest BCUT2D eigenvalue weighted by atomic mass is 32.1. The van der Waals surface area contributed by atoms with Gasteiger partial charge < -0.3 is 16.0 Å². The van der Waals surface area contributed by atoms with Crippen LogP contribution in [-0.4, -0.2) is 17.6 Å². The third-order valence-corrected chi connectivity index (χ3v) is 4.94. The molecule has 3 aromatic carbocycles. The number of benzene rings is 3. The molecule has 0 atom stereocenters. The number of rotatable bonds is 6. The number of anilines is 2. The van der Waals surface area contributed by atoms with E-state index in [1.54, 1.807) is 25.1 Å². The lowest BCUT2D eigenvalue weighted by Crippen LogP contribution is -2.30. The smallest absolute Gasteiger partial charge is 0.258 e. The Morgan fingerprint density at radius 1 is 0.879 bits per heavy atom. The number of halogens is 5. The summed E-state index contributed by atoms with van der Waals surface area (Å²) in [6.07, 6.45) is 0.632. The third-order valence-electron chi connectivity index (χ3n) is 4.69. The first-order valence-corrected chi connectivity index (χ1v) is 10.1. The predicted molar refractivity (Wildman–Crippen MR) is 120 cm³/mol. The van der Waals surface area contributed by atoms with Crippen LogP contribution in [0.2, 0.25) is 0 Å². The lowest BCUT2D eigenvalue weighted by Gasteiger charge is -2.14. The van der Waals surface area contributed by atoms with E-state index in [4.69, 9.17) is 12.2 Å². The van der Waals surface area contributed by atoms with Gasteiger partial charge in [-0.1, -0.05) is 12.1 Å². The number of amides is 1. The molecule has 0 bridgehead atoms. The van der Waals surface area contributed by atoms with Crippen molar-refractivity contribution in [2.45, 2.75) is 13.3 Å². The highest BCUT2D eigenvalue weighted by Gasteiger charge is 2.23. The van der Waals surface area contributed by atoms with E-state index in [0.29, 0.717) is 35.4 Å². The zero-order chi connectivity index (χ0) is 24.1. The maximum absolute atomic E-state index is 13.8. The standard InChI is InChI=1S/C23H18F5N3OS/c1-12-10-15(30-22(32)16-11-17(25)20(27)21(28)19(16)26)6-7-18(12)31-23(33)29-9-8-13-2-4-14(24)5-3-13/h2-7,10-11H,8-9H2,1H3,(H,30,32)(H2,29,31,33). The van der Waals surface area contributed by atoms with Crippen molar-refractivity contribution in [3.63, 3.8) is 0 Å². The van der Waals surface area contributed by atoms with Crippen LogP contribution in [0.1, 0.15) is 21.5 Å². The van der Waals surface area contributed by atoms with Crippen molar-refractivity contribution in [3.8, 4) is 0 Å². The Kier molecular flexibility index (Phi) is 7.59. The van der Waals surface area contributed by atoms with Crippen molar-refractivity contribution < 1.29 is 26.7 Å². The predicted octanol–water partition coefficient (Wildman–Crippen LogP) is 5.47. The summed E-state index contributed by atoms with van der Waals surface area (Å²) in [7, 11) is 0. The van der Waals surface area contributed by atoms with Crippen molar-refractivity contribution in [2.75, 3.05) is 17.2 Å². The van der Waals surface area contributed by atoms with Crippen LogP contribution in [0.3, 0.4) is 0 Å². The SMILES string of the molecule is Cc1cc(NC(=O)c2cc(F)c(F)c(F)c2F)ccc1NC(=S)NCCc1ccc(F)cc1. The van der Waals surface area contributed by atoms with Gasteiger partial charge in [-0.05, 0) is 73.1 Å². The van der Waals surface area contributed by atoms with Gasteiger partial charge in [0.1, 0.15) is 5.82 Å². The van der Waals surface area contributed by atoms with Crippen LogP contribution in [0.5, 0.6) is 0 Å². The Bertz CT molecular complexity index is 1200. The third kappa shape index (κ3) is 6.04. The van der Waals surface area contributed by atoms with Crippen LogP contribution < -0.4 is 16.0 Å². The molecule has 0 aliphatic rings. The van der Waals surface area contributed by atoms with E-state index >= 15 is 0 Å². The number of nitrogens with one attached hydrogen (secondary N) is 3. The highest BCUT2D eigenvalue weighted by molar-refractivity contribution is 7.80. The molecule has 0 aromatic heterocycles. The number of hydrogen-bond acceptors (Lipinski definition) is 2. The molecule has 3 N–H and O–H groups in total. The molecule has 3 rings (SSSR count). The van der Waals surface area contributed by atoms with Crippen molar-refractivity contribution in [3.05, 3.63) is 94.3 Å². The monoisotopic (exact) mass is 479 g/mol. The van der Waals surface area contributed by atoms with Gasteiger partial charge >= 0.3 is 0 Å². The minimum absolute atomic E-state index is 0.225. The van der Waals surface area contributed by atoms with Crippen LogP contribution in [0, 0.1) is 36.0 Å². The zero-order valence-corrected chi connectivity index (χ0v) is 18.1. The molecule has 0 unspecified atom stereocenters. The Morgan fingerprint density at radius 3 is 2.24 bits per heavy atom. The quantitative estimate of drug-likeness (QED) is 0.190. The van der Waals surface area contributed by atoms with Crippen molar-refractivity contribution in [1.82, 2.24) is 5.32 Å². The van der Waals surface area contributed by atoms with E-state index in [-0.39, 0.29) is 11.5 Å². The maximum atomic E-state index is 13.8. The van der Waals surface area contributed by atoms with Crippen LogP contribution in [0.25, 0.3) is 0 Å². The molecule has 0 fully saturated rings. The summed E-state index contributed by atoms with van der Waals surface area (Å²) in [5.41, 5.74) is 1.49. The molecular weight excluding hydrogens is 461 g/mol. The number of hydrogen-bond donors (Lipinski definition) is 3. The summed E-state index contributed by atoms with van der Waals surface area (Å²) in [5, 5.41) is 8.68. The van der Waals surface area contributed by atoms with Gasteiger partial charge in [0.25, 0.3) is 5.91 Å². The van der Waals surface area contributed by atoms with E-state index in [1.807, 2.05) is 0 Å². The fourth-order valence-electron chi connectivity index (χ4n) is 2.96. The Hall–Kier alpha value is -3.53. The molecule has 0 aliphatic heterocycles. The molecule has 0 saturated carbocycles. The van der Waals surface area contributed by atoms with Crippen molar-refractivity contribution in [1.29, 1.82) is 0 Å². The van der Waals surface area contributed by atoms with Gasteiger partial charge in [0.05, 0.1) is 5.56 Å². The molecule has 0 saturated heterocycles. The van der Waals surface area contributed by atoms with E-state index < -0.39 is 34.7 Å². The number of thiocarbonyl (C=S) groups is 1. The van der Waals surface area contributed by atoms with Gasteiger partial charge in [0, 0.05) is 17.9 Å². The lowest BCUT2D eigenvalue weighted by molar-refractivity contribution is 0.102. The molecule has 0 spiro atoms. The summed E-state index contributed by atoms with van der Waals surface area (Å²) in [4.78, 5) is 12.2. The first kappa shape index (κ1) is 24.1. The summed E-state index contributed by atoms with van der Waals surface area (Å²) < 4.78 is 66.6. The Morgan fingerprint density at radius 2 is 1.58 bits per heavy atom. The summed E-state index contributed by atoms with van der Waals surface area (Å²) in [5.74, 6) is -8.94. The molecule has 4 nitrogen and oxygen atoms in total. The van der Waals surface area contributed by atoms with Crippen LogP contribution in [0.15, 0.2) is 48.5 Å². The summed E-state index contributed by atoms with van der Waals surface area (Å²) >= 11 is 5.25. The van der Waals surface area contributed by atoms with Gasteiger partial charge in [-0.3, -0.25) is 4.79 Å². The lowest BCUT2D eigenvalue weighted by atomic mass is 10.1. The largest absolute Gasteiger partial charge is 0.362 e. The molecule has 0 aliphatic carbocycles. The van der Waals surface area contributed by atoms with E-state index in [9.17, 15) is 26.7 Å². The molecular formula is C23H18F5N3OS. The van der Waals surface area contributed by atoms with E-state index in [2.05, 4.69) is 16.0 Å². The molecule has 10 heteroatoms. The Labute approximate surface area is 191 Å². The highest BCUT2D eigenvalue weighted by Crippen LogP contribution is 2.23. The maximum Gasteiger partial charge on any atom is 0.258 e. The molecule has 33 heavy (non-hydrogen) atoms. The average molecular weight is 479 g/mol. The normalized spacial score (nSPS) is 10.6. The van der Waals surface area contributed by atoms with Crippen molar-refractivity contribution >= 4 is 34.6 Å². The fourth-order valence-corrected chi connectivity index (χ4v) is 3.17. The molecule has 1 amide bonds. The van der Waals surface area contributed by atoms with Crippen LogP contribution in [0.4, 0.5) is 33.3 Å². The second-order valence-corrected chi connectivity index (χ2v) is 7.50. The minimum Gasteiger partial charge on any atom is -0.362 e. The molecule has 3 aromatic rings. The number of carbonyl (C=O) groups is 1. The first-order valence-electron chi connectivity index (χ1n) is 9.70. The van der Waals surface area contributed by atoms with Gasteiger partial charge in [0.2, 0.25) is 0 Å². The number of carbonyl (C=O) groups excluding carboxylic acids is 1. The van der Waals surface area contributed by atoms with Gasteiger partial charge in [-0.2, -0.15) is 0 Å². The molecule has 172 valence electrons. The second-order valence-electron chi connectivity index (χ2n) is 7.09. The fraction of sp³-hybridized carbons (Fsp3) is 0.130. The summed E-state index contributed by atoms with van der Waals surface area (Å²) in [6, 6.07) is 11.0. The second kappa shape index (κ2) is 10.4. The number of aryl methyl sites for hydroxylation is 1. The van der Waals surface area contributed by atoms with E-state index in [1.165, 1.54) is 24.3 Å². The Balaban J connectivity index is 1.59. The van der Waals surface area contributed by atoms with Crippen molar-refractivity contribution in [2.24, 2.45) is 0 Å². The van der Waals surface area contributed by atoms with Gasteiger partial charge in [-0.15, -0.1) is 0 Å². The first-order chi connectivity index (χ1) is 15.7. The van der Waals surface area contributed by atoms with Gasteiger partial charge in [0.15, 0.2) is 28.4 Å². The summed E-state index contributed by atoms with van der Waals surface area (Å²) in [6.45, 7) is 2.23. The topological polar surface area (TPSA) is 53.2 Å². The van der Waals surface area contributed by atoms with Gasteiger partial charge in [-0.25, -0.2) is 22.0 Å². The van der Waals surface area contributed by atoms with Crippen LogP contribution in [-0.2, 0) is 6.42 Å². The molecule has 0 radical (unpaired) electrons.